The van der Waals surface area contributed by atoms with Crippen LogP contribution < -0.4 is 0 Å². The molecule has 100 valence electrons. The summed E-state index contributed by atoms with van der Waals surface area (Å²) in [4.78, 5) is 11.4. The van der Waals surface area contributed by atoms with E-state index in [4.69, 9.17) is 13.6 Å². The molecule has 0 heterocycles. The maximum absolute atomic E-state index is 11.4. The number of carbonyl (C=O) groups is 1. The van der Waals surface area contributed by atoms with Crippen LogP contribution in [0.25, 0.3) is 0 Å². The quantitative estimate of drug-likeness (QED) is 0.382. The summed E-state index contributed by atoms with van der Waals surface area (Å²) in [5.74, 6) is -0.359. The van der Waals surface area contributed by atoms with Gasteiger partial charge in [-0.05, 0) is 34.2 Å². The summed E-state index contributed by atoms with van der Waals surface area (Å²) in [6, 6.07) is 0.633. The van der Waals surface area contributed by atoms with Gasteiger partial charge in [-0.2, -0.15) is 0 Å². The van der Waals surface area contributed by atoms with Crippen molar-refractivity contribution in [3.05, 3.63) is 12.2 Å². The summed E-state index contributed by atoms with van der Waals surface area (Å²) < 4.78 is 16.6. The third kappa shape index (κ3) is 6.60. The zero-order chi connectivity index (χ0) is 13.5. The van der Waals surface area contributed by atoms with Gasteiger partial charge in [0.15, 0.2) is 0 Å². The van der Waals surface area contributed by atoms with Gasteiger partial charge in [0, 0.05) is 24.8 Å². The maximum Gasteiger partial charge on any atom is 0.338 e. The van der Waals surface area contributed by atoms with Crippen molar-refractivity contribution >= 4 is 14.5 Å². The van der Waals surface area contributed by atoms with Crippen molar-refractivity contribution in [3.63, 3.8) is 0 Å². The number of esters is 1. The van der Waals surface area contributed by atoms with Crippen LogP contribution >= 0.6 is 0 Å². The first-order valence-electron chi connectivity index (χ1n) is 5.99. The molecule has 0 rings (SSSR count). The highest BCUT2D eigenvalue weighted by Crippen LogP contribution is 2.18. The van der Waals surface area contributed by atoms with E-state index in [0.29, 0.717) is 24.8 Å². The predicted molar refractivity (Wildman–Crippen MR) is 70.0 cm³/mol. The summed E-state index contributed by atoms with van der Waals surface area (Å²) in [5.41, 5.74) is 0.410. The second-order valence-corrected chi connectivity index (χ2v) is 7.45. The molecule has 0 spiro atoms. The Morgan fingerprint density at radius 2 is 1.76 bits per heavy atom. The molecular weight excluding hydrogens is 236 g/mol. The lowest BCUT2D eigenvalue weighted by Crippen LogP contribution is -2.42. The second kappa shape index (κ2) is 7.63. The lowest BCUT2D eigenvalue weighted by molar-refractivity contribution is -0.142. The van der Waals surface area contributed by atoms with Gasteiger partial charge in [0.25, 0.3) is 0 Å². The zero-order valence-corrected chi connectivity index (χ0v) is 12.5. The van der Waals surface area contributed by atoms with Crippen LogP contribution in [0, 0.1) is 0 Å². The fourth-order valence-corrected chi connectivity index (χ4v) is 4.29. The minimum absolute atomic E-state index is 0.214. The normalized spacial score (nSPS) is 13.2. The second-order valence-electron chi connectivity index (χ2n) is 4.20. The minimum atomic E-state index is -2.22. The Bertz CT molecular complexity index is 259. The molecule has 0 fully saturated rings. The first-order valence-corrected chi connectivity index (χ1v) is 8.51. The predicted octanol–water partition coefficient (Wildman–Crippen LogP) is 2.64. The van der Waals surface area contributed by atoms with Gasteiger partial charge in [0.05, 0.1) is 0 Å². The molecule has 0 aliphatic heterocycles. The molecule has 1 atom stereocenters. The topological polar surface area (TPSA) is 44.8 Å². The van der Waals surface area contributed by atoms with E-state index in [1.807, 2.05) is 27.3 Å². The molecule has 0 amide bonds. The highest BCUT2D eigenvalue weighted by molar-refractivity contribution is 6.66. The molecule has 0 saturated heterocycles. The Morgan fingerprint density at radius 3 is 2.12 bits per heavy atom. The van der Waals surface area contributed by atoms with Crippen molar-refractivity contribution in [1.29, 1.82) is 0 Å². The fourth-order valence-electron chi connectivity index (χ4n) is 1.62. The highest BCUT2D eigenvalue weighted by atomic mass is 28.4. The van der Waals surface area contributed by atoms with Crippen LogP contribution in [-0.4, -0.2) is 33.8 Å². The minimum Gasteiger partial charge on any atom is -0.459 e. The number of hydrogen-bond acceptors (Lipinski definition) is 4. The SMILES string of the molecule is C=C(C)C(=O)OC(C)C[Si](C)(OCC)OCC. The van der Waals surface area contributed by atoms with Crippen molar-refractivity contribution in [3.8, 4) is 0 Å². The Kier molecular flexibility index (Phi) is 7.34. The van der Waals surface area contributed by atoms with Gasteiger partial charge >= 0.3 is 14.5 Å². The molecule has 0 N–H and O–H groups in total. The van der Waals surface area contributed by atoms with Crippen LogP contribution in [0.4, 0.5) is 0 Å². The van der Waals surface area contributed by atoms with E-state index in [-0.39, 0.29) is 12.1 Å². The highest BCUT2D eigenvalue weighted by Gasteiger charge is 2.34. The van der Waals surface area contributed by atoms with Gasteiger partial charge in [-0.15, -0.1) is 0 Å². The first kappa shape index (κ1) is 16.3. The molecule has 0 aliphatic rings. The molecule has 1 unspecified atom stereocenters. The van der Waals surface area contributed by atoms with Gasteiger partial charge in [-0.25, -0.2) is 4.79 Å². The third-order valence-corrected chi connectivity index (χ3v) is 5.33. The Labute approximate surface area is 105 Å². The van der Waals surface area contributed by atoms with Crippen molar-refractivity contribution in [2.45, 2.75) is 46.4 Å². The number of carbonyl (C=O) groups excluding carboxylic acids is 1. The fraction of sp³-hybridized carbons (Fsp3) is 0.750. The van der Waals surface area contributed by atoms with Crippen LogP contribution in [0.15, 0.2) is 12.2 Å². The Morgan fingerprint density at radius 1 is 1.29 bits per heavy atom. The lowest BCUT2D eigenvalue weighted by atomic mass is 10.3. The molecule has 0 radical (unpaired) electrons. The molecule has 5 heteroatoms. The summed E-state index contributed by atoms with van der Waals surface area (Å²) in [7, 11) is -2.22. The number of hydrogen-bond donors (Lipinski definition) is 0. The van der Waals surface area contributed by atoms with Crippen molar-refractivity contribution in [2.24, 2.45) is 0 Å². The first-order chi connectivity index (χ1) is 7.84. The van der Waals surface area contributed by atoms with Gasteiger partial charge in [0.1, 0.15) is 6.10 Å². The van der Waals surface area contributed by atoms with Crippen molar-refractivity contribution in [2.75, 3.05) is 13.2 Å². The van der Waals surface area contributed by atoms with E-state index >= 15 is 0 Å². The van der Waals surface area contributed by atoms with E-state index in [1.54, 1.807) is 6.92 Å². The zero-order valence-electron chi connectivity index (χ0n) is 11.5. The van der Waals surface area contributed by atoms with Crippen LogP contribution in [0.3, 0.4) is 0 Å². The van der Waals surface area contributed by atoms with Gasteiger partial charge < -0.3 is 13.6 Å². The van der Waals surface area contributed by atoms with E-state index in [1.165, 1.54) is 0 Å². The third-order valence-electron chi connectivity index (χ3n) is 2.21. The lowest BCUT2D eigenvalue weighted by Gasteiger charge is -2.28. The van der Waals surface area contributed by atoms with Crippen LogP contribution in [0.5, 0.6) is 0 Å². The number of rotatable bonds is 8. The van der Waals surface area contributed by atoms with E-state index in [9.17, 15) is 4.79 Å². The molecule has 0 aliphatic carbocycles. The summed E-state index contributed by atoms with van der Waals surface area (Å²) in [6.07, 6.45) is -0.214. The molecular formula is C12H24O4Si. The molecule has 0 bridgehead atoms. The number of ether oxygens (including phenoxy) is 1. The van der Waals surface area contributed by atoms with Crippen LogP contribution in [-0.2, 0) is 18.4 Å². The van der Waals surface area contributed by atoms with Gasteiger partial charge in [-0.1, -0.05) is 6.58 Å². The van der Waals surface area contributed by atoms with Crippen LogP contribution in [0.2, 0.25) is 12.6 Å². The molecule has 0 aromatic rings. The largest absolute Gasteiger partial charge is 0.459 e. The van der Waals surface area contributed by atoms with E-state index in [2.05, 4.69) is 6.58 Å². The Hall–Kier alpha value is -0.653. The van der Waals surface area contributed by atoms with Crippen molar-refractivity contribution < 1.29 is 18.4 Å². The molecule has 0 aromatic carbocycles. The smallest absolute Gasteiger partial charge is 0.338 e. The van der Waals surface area contributed by atoms with Crippen LogP contribution in [0.1, 0.15) is 27.7 Å². The van der Waals surface area contributed by atoms with Crippen molar-refractivity contribution in [1.82, 2.24) is 0 Å². The molecule has 17 heavy (non-hydrogen) atoms. The van der Waals surface area contributed by atoms with Gasteiger partial charge in [0.2, 0.25) is 0 Å². The molecule has 0 aromatic heterocycles. The van der Waals surface area contributed by atoms with E-state index in [0.717, 1.165) is 0 Å². The molecule has 0 saturated carbocycles. The Balaban J connectivity index is 4.34. The monoisotopic (exact) mass is 260 g/mol. The standard InChI is InChI=1S/C12H24O4Si/c1-7-14-17(6,15-8-2)9-11(5)16-12(13)10(3)4/h11H,3,7-9H2,1-2,4-6H3. The summed E-state index contributed by atoms with van der Waals surface area (Å²) >= 11 is 0. The van der Waals surface area contributed by atoms with Gasteiger partial charge in [-0.3, -0.25) is 0 Å². The van der Waals surface area contributed by atoms with E-state index < -0.39 is 8.56 Å². The average molecular weight is 260 g/mol. The summed E-state index contributed by atoms with van der Waals surface area (Å²) in [5, 5.41) is 0. The average Bonchev–Trinajstić information content (AvgIpc) is 2.16. The maximum atomic E-state index is 11.4. The molecule has 4 nitrogen and oxygen atoms in total. The summed E-state index contributed by atoms with van der Waals surface area (Å²) in [6.45, 7) is 14.1.